The second-order valence-electron chi connectivity index (χ2n) is 6.84. The van der Waals surface area contributed by atoms with Gasteiger partial charge in [-0.15, -0.1) is 0 Å². The van der Waals surface area contributed by atoms with E-state index in [4.69, 9.17) is 4.74 Å². The lowest BCUT2D eigenvalue weighted by Crippen LogP contribution is -2.62. The monoisotopic (exact) mass is 270 g/mol. The Morgan fingerprint density at radius 2 is 1.84 bits per heavy atom. The highest BCUT2D eigenvalue weighted by Gasteiger charge is 2.46. The fraction of sp³-hybridized carbons (Fsp3) is 1.00. The Morgan fingerprint density at radius 3 is 2.26 bits per heavy atom. The van der Waals surface area contributed by atoms with Crippen molar-refractivity contribution in [2.45, 2.75) is 64.3 Å². The summed E-state index contributed by atoms with van der Waals surface area (Å²) in [4.78, 5) is 2.46. The maximum atomic E-state index is 9.98. The molecule has 1 saturated heterocycles. The summed E-state index contributed by atoms with van der Waals surface area (Å²) in [5.41, 5.74) is -0.120. The summed E-state index contributed by atoms with van der Waals surface area (Å²) in [5, 5.41) is 13.6. The van der Waals surface area contributed by atoms with E-state index in [1.54, 1.807) is 0 Å². The van der Waals surface area contributed by atoms with Gasteiger partial charge in [0.1, 0.15) is 0 Å². The Bertz CT molecular complexity index is 284. The first-order chi connectivity index (χ1) is 8.95. The number of aliphatic hydroxyl groups is 1. The highest BCUT2D eigenvalue weighted by molar-refractivity contribution is 5.04. The number of ether oxygens (including phenoxy) is 1. The largest absolute Gasteiger partial charge is 0.394 e. The molecule has 2 aliphatic rings. The van der Waals surface area contributed by atoms with Crippen LogP contribution in [0.4, 0.5) is 0 Å². The molecule has 1 unspecified atom stereocenters. The summed E-state index contributed by atoms with van der Waals surface area (Å²) in [7, 11) is 0. The minimum absolute atomic E-state index is 0.120. The van der Waals surface area contributed by atoms with Gasteiger partial charge < -0.3 is 15.2 Å². The van der Waals surface area contributed by atoms with E-state index in [2.05, 4.69) is 37.9 Å². The van der Waals surface area contributed by atoms with E-state index in [-0.39, 0.29) is 12.1 Å². The molecular weight excluding hydrogens is 240 g/mol. The molecule has 2 N–H and O–H groups in total. The maximum Gasteiger partial charge on any atom is 0.0678 e. The first-order valence-electron chi connectivity index (χ1n) is 7.71. The molecule has 0 radical (unpaired) electrons. The van der Waals surface area contributed by atoms with Gasteiger partial charge in [-0.25, -0.2) is 0 Å². The lowest BCUT2D eigenvalue weighted by atomic mass is 9.91. The molecule has 2 rings (SSSR count). The third-order valence-corrected chi connectivity index (χ3v) is 4.22. The fourth-order valence-corrected chi connectivity index (χ4v) is 3.54. The van der Waals surface area contributed by atoms with E-state index in [1.807, 2.05) is 0 Å². The second-order valence-corrected chi connectivity index (χ2v) is 6.84. The van der Waals surface area contributed by atoms with Crippen molar-refractivity contribution in [2.75, 3.05) is 26.2 Å². The standard InChI is InChI=1S/C15H30N2O2/c1-11(2)16-15(10-18,14-5-6-14)9-17-7-12(3)19-13(4)8-17/h11-14,16,18H,5-10H2,1-4H3/t12-,13+,15?. The molecule has 2 fully saturated rings. The van der Waals surface area contributed by atoms with Crippen molar-refractivity contribution in [1.29, 1.82) is 0 Å². The zero-order valence-corrected chi connectivity index (χ0v) is 12.9. The van der Waals surface area contributed by atoms with Crippen LogP contribution in [0.25, 0.3) is 0 Å². The van der Waals surface area contributed by atoms with Gasteiger partial charge in [-0.3, -0.25) is 4.90 Å². The highest BCUT2D eigenvalue weighted by atomic mass is 16.5. The molecular formula is C15H30N2O2. The number of hydrogen-bond donors (Lipinski definition) is 2. The normalized spacial score (nSPS) is 32.5. The van der Waals surface area contributed by atoms with Crippen LogP contribution in [0.2, 0.25) is 0 Å². The molecule has 3 atom stereocenters. The minimum Gasteiger partial charge on any atom is -0.394 e. The fourth-order valence-electron chi connectivity index (χ4n) is 3.54. The molecule has 0 bridgehead atoms. The Morgan fingerprint density at radius 1 is 1.26 bits per heavy atom. The summed E-state index contributed by atoms with van der Waals surface area (Å²) in [6, 6.07) is 0.406. The molecule has 1 saturated carbocycles. The molecule has 112 valence electrons. The first-order valence-corrected chi connectivity index (χ1v) is 7.71. The van der Waals surface area contributed by atoms with E-state index in [1.165, 1.54) is 12.8 Å². The number of rotatable bonds is 6. The SMILES string of the molecule is CC(C)NC(CO)(CN1C[C@@H](C)O[C@@H](C)C1)C1CC1. The Kier molecular flexibility index (Phi) is 4.88. The molecule has 0 amide bonds. The number of nitrogens with one attached hydrogen (secondary N) is 1. The summed E-state index contributed by atoms with van der Waals surface area (Å²) >= 11 is 0. The second kappa shape index (κ2) is 6.08. The molecule has 19 heavy (non-hydrogen) atoms. The van der Waals surface area contributed by atoms with Gasteiger partial charge in [0.25, 0.3) is 0 Å². The van der Waals surface area contributed by atoms with Crippen LogP contribution in [0.5, 0.6) is 0 Å². The molecule has 0 aromatic heterocycles. The number of hydrogen-bond acceptors (Lipinski definition) is 4. The van der Waals surface area contributed by atoms with E-state index in [9.17, 15) is 5.11 Å². The predicted molar refractivity (Wildman–Crippen MR) is 77.3 cm³/mol. The van der Waals surface area contributed by atoms with E-state index >= 15 is 0 Å². The molecule has 0 aromatic carbocycles. The highest BCUT2D eigenvalue weighted by Crippen LogP contribution is 2.40. The van der Waals surface area contributed by atoms with Gasteiger partial charge in [-0.2, -0.15) is 0 Å². The number of nitrogens with zero attached hydrogens (tertiary/aromatic N) is 1. The van der Waals surface area contributed by atoms with Crippen LogP contribution < -0.4 is 5.32 Å². The van der Waals surface area contributed by atoms with E-state index in [0.29, 0.717) is 24.2 Å². The smallest absolute Gasteiger partial charge is 0.0678 e. The lowest BCUT2D eigenvalue weighted by Gasteiger charge is -2.43. The molecule has 4 heteroatoms. The Balaban J connectivity index is 2.02. The first kappa shape index (κ1) is 15.2. The van der Waals surface area contributed by atoms with Crippen molar-refractivity contribution in [2.24, 2.45) is 5.92 Å². The Labute approximate surface area is 117 Å². The van der Waals surface area contributed by atoms with Crippen LogP contribution in [0.15, 0.2) is 0 Å². The van der Waals surface area contributed by atoms with Crippen molar-refractivity contribution in [1.82, 2.24) is 10.2 Å². The van der Waals surface area contributed by atoms with Gasteiger partial charge in [0.05, 0.1) is 24.4 Å². The average Bonchev–Trinajstić information content (AvgIpc) is 3.09. The third-order valence-electron chi connectivity index (χ3n) is 4.22. The summed E-state index contributed by atoms with van der Waals surface area (Å²) in [5.74, 6) is 0.633. The summed E-state index contributed by atoms with van der Waals surface area (Å²) < 4.78 is 5.80. The van der Waals surface area contributed by atoms with Gasteiger partial charge >= 0.3 is 0 Å². The van der Waals surface area contributed by atoms with Crippen LogP contribution in [-0.4, -0.2) is 60.0 Å². The molecule has 4 nitrogen and oxygen atoms in total. The molecule has 0 spiro atoms. The molecule has 0 aromatic rings. The summed E-state index contributed by atoms with van der Waals surface area (Å²) in [6.45, 7) is 11.7. The van der Waals surface area contributed by atoms with Crippen molar-refractivity contribution >= 4 is 0 Å². The van der Waals surface area contributed by atoms with Crippen molar-refractivity contribution in [3.63, 3.8) is 0 Å². The zero-order valence-electron chi connectivity index (χ0n) is 12.9. The quantitative estimate of drug-likeness (QED) is 0.762. The van der Waals surface area contributed by atoms with Crippen LogP contribution in [-0.2, 0) is 4.74 Å². The third kappa shape index (κ3) is 3.91. The van der Waals surface area contributed by atoms with Crippen LogP contribution in [0, 0.1) is 5.92 Å². The minimum atomic E-state index is -0.120. The van der Waals surface area contributed by atoms with Gasteiger partial charge in [-0.05, 0) is 32.6 Å². The molecule has 1 heterocycles. The van der Waals surface area contributed by atoms with Gasteiger partial charge in [0.2, 0.25) is 0 Å². The van der Waals surface area contributed by atoms with Crippen molar-refractivity contribution in [3.05, 3.63) is 0 Å². The number of aliphatic hydroxyl groups excluding tert-OH is 1. The molecule has 1 aliphatic carbocycles. The number of morpholine rings is 1. The van der Waals surface area contributed by atoms with Crippen LogP contribution in [0.3, 0.4) is 0 Å². The van der Waals surface area contributed by atoms with Gasteiger partial charge in [0, 0.05) is 25.7 Å². The maximum absolute atomic E-state index is 9.98. The van der Waals surface area contributed by atoms with E-state index < -0.39 is 0 Å². The lowest BCUT2D eigenvalue weighted by molar-refractivity contribution is -0.0787. The van der Waals surface area contributed by atoms with Crippen LogP contribution >= 0.6 is 0 Å². The van der Waals surface area contributed by atoms with Crippen LogP contribution in [0.1, 0.15) is 40.5 Å². The average molecular weight is 270 g/mol. The Hall–Kier alpha value is -0.160. The van der Waals surface area contributed by atoms with Gasteiger partial charge in [0.15, 0.2) is 0 Å². The van der Waals surface area contributed by atoms with E-state index in [0.717, 1.165) is 19.6 Å². The predicted octanol–water partition coefficient (Wildman–Crippen LogP) is 1.23. The topological polar surface area (TPSA) is 44.7 Å². The zero-order chi connectivity index (χ0) is 14.0. The van der Waals surface area contributed by atoms with Crippen molar-refractivity contribution in [3.8, 4) is 0 Å². The molecule has 1 aliphatic heterocycles. The van der Waals surface area contributed by atoms with Crippen molar-refractivity contribution < 1.29 is 9.84 Å². The van der Waals surface area contributed by atoms with Gasteiger partial charge in [-0.1, -0.05) is 13.8 Å². The summed E-state index contributed by atoms with van der Waals surface area (Å²) in [6.07, 6.45) is 3.07.